The number of nitrogens with zero attached hydrogens (tertiary/aromatic N) is 4. The normalized spacial score (nSPS) is 12.9. The second-order valence-corrected chi connectivity index (χ2v) is 24.3. The maximum atomic E-state index is 6.86. The van der Waals surface area contributed by atoms with E-state index in [0.29, 0.717) is 11.5 Å². The average Bonchev–Trinajstić information content (AvgIpc) is 4.34. The zero-order chi connectivity index (χ0) is 54.5. The van der Waals surface area contributed by atoms with Gasteiger partial charge in [-0.25, -0.2) is 4.98 Å². The van der Waals surface area contributed by atoms with E-state index in [1.807, 2.05) is 36.5 Å². The van der Waals surface area contributed by atoms with Gasteiger partial charge >= 0.3 is 0 Å². The summed E-state index contributed by atoms with van der Waals surface area (Å²) in [5.74, 6) is 1.90. The molecule has 0 atom stereocenters. The Balaban J connectivity index is 0.00000637. The standard InChI is InChI=1S/C73H63N4O2.Pt/c1-46-36-67(74-44-61(46)49-37-50(71(2,3)4)39-51(38-49)72(5,6)7)77-64-35-34-57-56-28-17-20-31-66(56)79-70(57)68(64)58-33-32-55(43-65(58)77)78-54-27-21-26-53(42-54)75-45-76(63-30-19-18-29-62(63)75)69-59(47-22-13-11-14-23-47)40-52(73(8,9)10)41-60(69)48-24-15-12-16-25-48;/h11-41,44-45H,1-10H3;/q-3;. The van der Waals surface area contributed by atoms with Gasteiger partial charge in [-0.15, -0.1) is 42.7 Å². The zero-order valence-electron chi connectivity index (χ0n) is 47.0. The number of para-hydroxylation sites is 3. The van der Waals surface area contributed by atoms with Gasteiger partial charge in [0.1, 0.15) is 17.0 Å². The molecule has 0 amide bonds. The number of rotatable bonds is 8. The molecule has 12 aromatic rings. The summed E-state index contributed by atoms with van der Waals surface area (Å²) in [6.45, 7) is 25.0. The van der Waals surface area contributed by atoms with Crippen molar-refractivity contribution in [2.45, 2.75) is 85.5 Å². The molecule has 4 heterocycles. The minimum atomic E-state index is -0.0860. The van der Waals surface area contributed by atoms with Crippen molar-refractivity contribution in [3.8, 4) is 50.7 Å². The van der Waals surface area contributed by atoms with Gasteiger partial charge in [-0.05, 0) is 116 Å². The minimum Gasteiger partial charge on any atom is -0.509 e. The van der Waals surface area contributed by atoms with Crippen LogP contribution in [0.25, 0.3) is 82.9 Å². The summed E-state index contributed by atoms with van der Waals surface area (Å²) in [5.41, 5.74) is 19.3. The van der Waals surface area contributed by atoms with Crippen molar-refractivity contribution in [3.63, 3.8) is 0 Å². The first-order valence-corrected chi connectivity index (χ1v) is 27.4. The van der Waals surface area contributed by atoms with Crippen LogP contribution in [0, 0.1) is 25.7 Å². The molecule has 7 heteroatoms. The predicted molar refractivity (Wildman–Crippen MR) is 329 cm³/mol. The van der Waals surface area contributed by atoms with Gasteiger partial charge in [0, 0.05) is 88.8 Å². The van der Waals surface area contributed by atoms with Crippen LogP contribution >= 0.6 is 0 Å². The second kappa shape index (κ2) is 19.9. The third-order valence-electron chi connectivity index (χ3n) is 15.7. The molecule has 3 aromatic heterocycles. The topological polar surface area (TPSA) is 46.7 Å². The molecule has 1 aliphatic heterocycles. The van der Waals surface area contributed by atoms with Gasteiger partial charge in [-0.2, -0.15) is 12.1 Å². The zero-order valence-corrected chi connectivity index (χ0v) is 49.2. The summed E-state index contributed by atoms with van der Waals surface area (Å²) in [5, 5.41) is 4.14. The van der Waals surface area contributed by atoms with Crippen LogP contribution in [0.5, 0.6) is 11.5 Å². The van der Waals surface area contributed by atoms with Crippen molar-refractivity contribution in [3.05, 3.63) is 235 Å². The number of aryl methyl sites for hydroxylation is 1. The number of anilines is 4. The van der Waals surface area contributed by atoms with Crippen molar-refractivity contribution in [2.24, 2.45) is 0 Å². The molecule has 0 aliphatic carbocycles. The quantitative estimate of drug-likeness (QED) is 0.142. The molecule has 1 aliphatic rings. The Morgan fingerprint density at radius 1 is 0.500 bits per heavy atom. The number of pyridine rings is 1. The maximum Gasteiger partial charge on any atom is 0.135 e. The molecular formula is C73H63N4O2Pt-3. The number of fused-ring (bicyclic) bond motifs is 8. The molecule has 13 rings (SSSR count). The van der Waals surface area contributed by atoms with Crippen molar-refractivity contribution in [1.82, 2.24) is 9.55 Å². The molecule has 0 saturated carbocycles. The first-order chi connectivity index (χ1) is 38.0. The number of hydrogen-bond acceptors (Lipinski definition) is 5. The van der Waals surface area contributed by atoms with E-state index in [1.165, 1.54) is 22.3 Å². The van der Waals surface area contributed by atoms with E-state index in [2.05, 4.69) is 260 Å². The fourth-order valence-electron chi connectivity index (χ4n) is 11.3. The molecule has 0 unspecified atom stereocenters. The van der Waals surface area contributed by atoms with Crippen LogP contribution in [0.1, 0.15) is 84.6 Å². The third-order valence-corrected chi connectivity index (χ3v) is 15.7. The van der Waals surface area contributed by atoms with Crippen LogP contribution in [0.2, 0.25) is 0 Å². The van der Waals surface area contributed by atoms with Gasteiger partial charge in [0.15, 0.2) is 0 Å². The molecule has 0 N–H and O–H groups in total. The van der Waals surface area contributed by atoms with Crippen molar-refractivity contribution in [2.75, 3.05) is 9.80 Å². The summed E-state index contributed by atoms with van der Waals surface area (Å²) in [4.78, 5) is 9.86. The van der Waals surface area contributed by atoms with Crippen molar-refractivity contribution < 1.29 is 30.2 Å². The first kappa shape index (κ1) is 52.5. The van der Waals surface area contributed by atoms with Gasteiger partial charge in [0.25, 0.3) is 0 Å². The first-order valence-electron chi connectivity index (χ1n) is 27.4. The van der Waals surface area contributed by atoms with Gasteiger partial charge in [0.05, 0.1) is 0 Å². The molecule has 0 spiro atoms. The van der Waals surface area contributed by atoms with Crippen LogP contribution in [-0.4, -0.2) is 9.55 Å². The average molecular weight is 1220 g/mol. The summed E-state index contributed by atoms with van der Waals surface area (Å²) in [6.07, 6.45) is 2.04. The number of benzene rings is 9. The minimum absolute atomic E-state index is 0. The number of furan rings is 1. The van der Waals surface area contributed by atoms with Crippen LogP contribution in [-0.2, 0) is 37.3 Å². The third kappa shape index (κ3) is 9.27. The predicted octanol–water partition coefficient (Wildman–Crippen LogP) is 20.1. The van der Waals surface area contributed by atoms with E-state index in [1.54, 1.807) is 0 Å². The summed E-state index contributed by atoms with van der Waals surface area (Å²) in [7, 11) is 0. The van der Waals surface area contributed by atoms with E-state index in [4.69, 9.17) is 14.1 Å². The molecule has 6 nitrogen and oxygen atoms in total. The van der Waals surface area contributed by atoms with Crippen molar-refractivity contribution in [1.29, 1.82) is 0 Å². The molecule has 9 aromatic carbocycles. The smallest absolute Gasteiger partial charge is 0.135 e. The van der Waals surface area contributed by atoms with E-state index >= 15 is 0 Å². The SMILES string of the molecule is Cc1cc(-n2c3[c-]c(Oc4[c-]c(N5[CH-]N(c6c(-c7ccccc7)cc(C(C)(C)C)cc6-c6ccccc6)c6ccccc65)ccc4)ccc3c3c4oc5ccccc5c4ccc32)ncc1-c1cc(C(C)(C)C)cc(C(C)(C)C)c1.[Pt]. The Bertz CT molecular complexity index is 4250. The number of ether oxygens (including phenoxy) is 1. The Hall–Kier alpha value is -8.18. The van der Waals surface area contributed by atoms with Gasteiger partial charge in [0.2, 0.25) is 0 Å². The summed E-state index contributed by atoms with van der Waals surface area (Å²) < 4.78 is 15.8. The molecule has 0 bridgehead atoms. The summed E-state index contributed by atoms with van der Waals surface area (Å²) in [6, 6.07) is 74.4. The maximum absolute atomic E-state index is 6.86. The van der Waals surface area contributed by atoms with Crippen LogP contribution in [0.3, 0.4) is 0 Å². The second-order valence-electron chi connectivity index (χ2n) is 24.3. The number of hydrogen-bond donors (Lipinski definition) is 0. The molecule has 80 heavy (non-hydrogen) atoms. The van der Waals surface area contributed by atoms with Gasteiger partial charge in [-0.1, -0.05) is 182 Å². The molecular weight excluding hydrogens is 1160 g/mol. The Labute approximate surface area is 484 Å². The summed E-state index contributed by atoms with van der Waals surface area (Å²) >= 11 is 0. The van der Waals surface area contributed by atoms with Crippen LogP contribution in [0.4, 0.5) is 22.7 Å². The monoisotopic (exact) mass is 1220 g/mol. The van der Waals surface area contributed by atoms with E-state index in [0.717, 1.165) is 106 Å². The molecule has 400 valence electrons. The van der Waals surface area contributed by atoms with Crippen molar-refractivity contribution >= 4 is 66.5 Å². The van der Waals surface area contributed by atoms with Gasteiger partial charge in [-0.3, -0.25) is 0 Å². The fraction of sp³-hybridized carbons (Fsp3) is 0.178. The largest absolute Gasteiger partial charge is 0.509 e. The molecule has 0 fully saturated rings. The van der Waals surface area contributed by atoms with E-state index in [-0.39, 0.29) is 37.3 Å². The fourth-order valence-corrected chi connectivity index (χ4v) is 11.3. The van der Waals surface area contributed by atoms with Crippen LogP contribution < -0.4 is 14.5 Å². The van der Waals surface area contributed by atoms with Gasteiger partial charge < -0.3 is 23.5 Å². The van der Waals surface area contributed by atoms with Crippen LogP contribution in [0.15, 0.2) is 199 Å². The van der Waals surface area contributed by atoms with E-state index < -0.39 is 0 Å². The Morgan fingerprint density at radius 3 is 1.71 bits per heavy atom. The molecule has 0 saturated heterocycles. The van der Waals surface area contributed by atoms with E-state index in [9.17, 15) is 0 Å². The molecule has 0 radical (unpaired) electrons. The number of aromatic nitrogens is 2. The Kier molecular flexibility index (Phi) is 13.0. The Morgan fingerprint density at radius 2 is 1.07 bits per heavy atom.